The summed E-state index contributed by atoms with van der Waals surface area (Å²) in [6.45, 7) is 3.37. The largest absolute Gasteiger partial charge is 0.338 e. The normalized spacial score (nSPS) is 10.2. The van der Waals surface area contributed by atoms with Crippen LogP contribution in [0.15, 0.2) is 54.6 Å². The second-order valence-electron chi connectivity index (χ2n) is 6.10. The van der Waals surface area contributed by atoms with Crippen molar-refractivity contribution in [1.29, 1.82) is 0 Å². The average molecular weight is 396 g/mol. The molecule has 1 heterocycles. The molecule has 0 spiro atoms. The van der Waals surface area contributed by atoms with Crippen LogP contribution in [0.1, 0.15) is 23.0 Å². The van der Waals surface area contributed by atoms with Crippen LogP contribution in [0.4, 0.5) is 22.9 Å². The average Bonchev–Trinajstić information content (AvgIpc) is 2.65. The van der Waals surface area contributed by atoms with Gasteiger partial charge in [0.1, 0.15) is 0 Å². The summed E-state index contributed by atoms with van der Waals surface area (Å²) >= 11 is 6.01. The van der Waals surface area contributed by atoms with Gasteiger partial charge in [0.25, 0.3) is 5.91 Å². The molecule has 0 aliphatic rings. The number of aryl methyl sites for hydroxylation is 1. The van der Waals surface area contributed by atoms with Crippen LogP contribution in [0.2, 0.25) is 5.02 Å². The van der Waals surface area contributed by atoms with Crippen LogP contribution in [0.3, 0.4) is 0 Å². The number of hydrogen-bond acceptors (Lipinski definition) is 5. The standard InChI is InChI=1S/C20H18ClN5O2/c1-12-6-7-14(21)10-18(12)24-19-9-8-17(25-26-19)20(28)23-16-5-3-4-15(11-16)22-13(2)27/h3-11H,1-2H3,(H,22,27)(H,23,28)(H,24,26). The monoisotopic (exact) mass is 395 g/mol. The molecule has 7 nitrogen and oxygen atoms in total. The maximum atomic E-state index is 12.4. The van der Waals surface area contributed by atoms with E-state index >= 15 is 0 Å². The van der Waals surface area contributed by atoms with Crippen molar-refractivity contribution in [3.05, 3.63) is 70.9 Å². The first-order valence-corrected chi connectivity index (χ1v) is 8.84. The second kappa shape index (κ2) is 8.49. The number of aromatic nitrogens is 2. The van der Waals surface area contributed by atoms with E-state index in [0.717, 1.165) is 11.3 Å². The molecule has 0 radical (unpaired) electrons. The van der Waals surface area contributed by atoms with Crippen molar-refractivity contribution in [2.45, 2.75) is 13.8 Å². The number of carbonyl (C=O) groups is 2. The Hall–Kier alpha value is -3.45. The van der Waals surface area contributed by atoms with E-state index in [1.165, 1.54) is 6.92 Å². The molecule has 142 valence electrons. The number of carbonyl (C=O) groups excluding carboxylic acids is 2. The highest BCUT2D eigenvalue weighted by molar-refractivity contribution is 6.30. The molecule has 0 fully saturated rings. The van der Waals surface area contributed by atoms with E-state index in [-0.39, 0.29) is 11.6 Å². The Morgan fingerprint density at radius 3 is 2.36 bits per heavy atom. The van der Waals surface area contributed by atoms with Gasteiger partial charge < -0.3 is 16.0 Å². The molecule has 0 saturated heterocycles. The topological polar surface area (TPSA) is 96.0 Å². The lowest BCUT2D eigenvalue weighted by Gasteiger charge is -2.10. The Morgan fingerprint density at radius 1 is 0.929 bits per heavy atom. The van der Waals surface area contributed by atoms with E-state index in [1.807, 2.05) is 19.1 Å². The summed E-state index contributed by atoms with van der Waals surface area (Å²) in [5.41, 5.74) is 3.11. The molecule has 2 aromatic carbocycles. The number of hydrogen-bond donors (Lipinski definition) is 3. The molecule has 3 aromatic rings. The first-order valence-electron chi connectivity index (χ1n) is 8.46. The fraction of sp³-hybridized carbons (Fsp3) is 0.100. The number of nitrogens with one attached hydrogen (secondary N) is 3. The molecule has 0 atom stereocenters. The Balaban J connectivity index is 1.68. The van der Waals surface area contributed by atoms with Gasteiger partial charge in [0.15, 0.2) is 11.5 Å². The highest BCUT2D eigenvalue weighted by Gasteiger charge is 2.10. The third kappa shape index (κ3) is 5.05. The van der Waals surface area contributed by atoms with E-state index < -0.39 is 5.91 Å². The molecule has 28 heavy (non-hydrogen) atoms. The second-order valence-corrected chi connectivity index (χ2v) is 6.54. The summed E-state index contributed by atoms with van der Waals surface area (Å²) in [4.78, 5) is 23.5. The van der Waals surface area contributed by atoms with Crippen LogP contribution in [0.25, 0.3) is 0 Å². The first-order chi connectivity index (χ1) is 13.4. The van der Waals surface area contributed by atoms with E-state index in [4.69, 9.17) is 11.6 Å². The van der Waals surface area contributed by atoms with Crippen LogP contribution < -0.4 is 16.0 Å². The number of nitrogens with zero attached hydrogens (tertiary/aromatic N) is 2. The first kappa shape index (κ1) is 19.3. The molecule has 3 rings (SSSR count). The molecular weight excluding hydrogens is 378 g/mol. The van der Waals surface area contributed by atoms with Gasteiger partial charge in [-0.3, -0.25) is 9.59 Å². The van der Waals surface area contributed by atoms with Gasteiger partial charge in [-0.05, 0) is 55.0 Å². The minimum absolute atomic E-state index is 0.165. The minimum atomic E-state index is -0.405. The number of benzene rings is 2. The van der Waals surface area contributed by atoms with Crippen LogP contribution in [-0.2, 0) is 4.79 Å². The fourth-order valence-corrected chi connectivity index (χ4v) is 2.63. The molecule has 0 aliphatic carbocycles. The smallest absolute Gasteiger partial charge is 0.276 e. The van der Waals surface area contributed by atoms with Gasteiger partial charge in [-0.15, -0.1) is 10.2 Å². The van der Waals surface area contributed by atoms with Gasteiger partial charge in [-0.25, -0.2) is 0 Å². The van der Waals surface area contributed by atoms with Crippen molar-refractivity contribution in [3.63, 3.8) is 0 Å². The zero-order chi connectivity index (χ0) is 20.1. The van der Waals surface area contributed by atoms with Crippen LogP contribution >= 0.6 is 11.6 Å². The van der Waals surface area contributed by atoms with Crippen molar-refractivity contribution in [1.82, 2.24) is 10.2 Å². The van der Waals surface area contributed by atoms with Gasteiger partial charge in [-0.1, -0.05) is 23.7 Å². The maximum absolute atomic E-state index is 12.4. The molecule has 0 unspecified atom stereocenters. The Labute approximate surface area is 167 Å². The van der Waals surface area contributed by atoms with Crippen LogP contribution in [0, 0.1) is 6.92 Å². The lowest BCUT2D eigenvalue weighted by molar-refractivity contribution is -0.114. The molecule has 1 aromatic heterocycles. The molecule has 8 heteroatoms. The summed E-state index contributed by atoms with van der Waals surface area (Å²) < 4.78 is 0. The van der Waals surface area contributed by atoms with Gasteiger partial charge in [-0.2, -0.15) is 0 Å². The van der Waals surface area contributed by atoms with E-state index in [2.05, 4.69) is 26.1 Å². The SMILES string of the molecule is CC(=O)Nc1cccc(NC(=O)c2ccc(Nc3cc(Cl)ccc3C)nn2)c1. The van der Waals surface area contributed by atoms with E-state index in [0.29, 0.717) is 22.2 Å². The molecule has 3 N–H and O–H groups in total. The van der Waals surface area contributed by atoms with Crippen molar-refractivity contribution in [2.24, 2.45) is 0 Å². The van der Waals surface area contributed by atoms with Gasteiger partial charge in [0, 0.05) is 29.0 Å². The summed E-state index contributed by atoms with van der Waals surface area (Å²) in [6, 6.07) is 15.6. The lowest BCUT2D eigenvalue weighted by Crippen LogP contribution is -2.15. The highest BCUT2D eigenvalue weighted by atomic mass is 35.5. The zero-order valence-electron chi connectivity index (χ0n) is 15.3. The Bertz CT molecular complexity index is 1020. The molecule has 0 bridgehead atoms. The third-order valence-electron chi connectivity index (χ3n) is 3.80. The predicted octanol–water partition coefficient (Wildman–Crippen LogP) is 4.39. The fourth-order valence-electron chi connectivity index (χ4n) is 2.46. The lowest BCUT2D eigenvalue weighted by atomic mass is 10.2. The van der Waals surface area contributed by atoms with Crippen molar-refractivity contribution < 1.29 is 9.59 Å². The molecule has 0 aliphatic heterocycles. The Kier molecular flexibility index (Phi) is 5.86. The number of amides is 2. The van der Waals surface area contributed by atoms with Gasteiger partial charge >= 0.3 is 0 Å². The molecular formula is C20H18ClN5O2. The van der Waals surface area contributed by atoms with Crippen LogP contribution in [-0.4, -0.2) is 22.0 Å². The number of rotatable bonds is 5. The predicted molar refractivity (Wildman–Crippen MR) is 110 cm³/mol. The third-order valence-corrected chi connectivity index (χ3v) is 4.04. The van der Waals surface area contributed by atoms with Crippen molar-refractivity contribution >= 4 is 46.3 Å². The summed E-state index contributed by atoms with van der Waals surface area (Å²) in [6.07, 6.45) is 0. The highest BCUT2D eigenvalue weighted by Crippen LogP contribution is 2.23. The maximum Gasteiger partial charge on any atom is 0.276 e. The van der Waals surface area contributed by atoms with Crippen molar-refractivity contribution in [3.8, 4) is 0 Å². The van der Waals surface area contributed by atoms with E-state index in [9.17, 15) is 9.59 Å². The molecule has 2 amide bonds. The van der Waals surface area contributed by atoms with E-state index in [1.54, 1.807) is 42.5 Å². The number of anilines is 4. The zero-order valence-corrected chi connectivity index (χ0v) is 16.0. The van der Waals surface area contributed by atoms with Crippen LogP contribution in [0.5, 0.6) is 0 Å². The Morgan fingerprint density at radius 2 is 1.68 bits per heavy atom. The minimum Gasteiger partial charge on any atom is -0.338 e. The van der Waals surface area contributed by atoms with Gasteiger partial charge in [0.2, 0.25) is 5.91 Å². The molecule has 0 saturated carbocycles. The quantitative estimate of drug-likeness (QED) is 0.595. The summed E-state index contributed by atoms with van der Waals surface area (Å²) in [5.74, 6) is -0.0973. The van der Waals surface area contributed by atoms with Crippen molar-refractivity contribution in [2.75, 3.05) is 16.0 Å². The summed E-state index contributed by atoms with van der Waals surface area (Å²) in [7, 11) is 0. The van der Waals surface area contributed by atoms with Gasteiger partial charge in [0.05, 0.1) is 0 Å². The number of halogens is 1. The summed E-state index contributed by atoms with van der Waals surface area (Å²) in [5, 5.41) is 17.1.